The SMILES string of the molecule is N#Cc1c(N2CCCC2CO)noc1N. The zero-order chi connectivity index (χ0) is 10.8. The van der Waals surface area contributed by atoms with E-state index in [0.717, 1.165) is 19.4 Å². The van der Waals surface area contributed by atoms with Gasteiger partial charge in [0.15, 0.2) is 11.4 Å². The van der Waals surface area contributed by atoms with E-state index in [4.69, 9.17) is 20.6 Å². The summed E-state index contributed by atoms with van der Waals surface area (Å²) in [6.45, 7) is 0.823. The summed E-state index contributed by atoms with van der Waals surface area (Å²) < 4.78 is 4.77. The van der Waals surface area contributed by atoms with Gasteiger partial charge in [-0.25, -0.2) is 0 Å². The Morgan fingerprint density at radius 1 is 1.73 bits per heavy atom. The monoisotopic (exact) mass is 208 g/mol. The fourth-order valence-corrected chi connectivity index (χ4v) is 1.90. The number of anilines is 2. The molecular weight excluding hydrogens is 196 g/mol. The van der Waals surface area contributed by atoms with Crippen LogP contribution in [0.2, 0.25) is 0 Å². The van der Waals surface area contributed by atoms with Crippen molar-refractivity contribution in [2.45, 2.75) is 18.9 Å². The second kappa shape index (κ2) is 3.79. The molecule has 1 atom stereocenters. The lowest BCUT2D eigenvalue weighted by molar-refractivity contribution is 0.265. The summed E-state index contributed by atoms with van der Waals surface area (Å²) in [5.41, 5.74) is 5.73. The molecule has 1 unspecified atom stereocenters. The Kier molecular flexibility index (Phi) is 2.47. The zero-order valence-electron chi connectivity index (χ0n) is 8.18. The van der Waals surface area contributed by atoms with Crippen LogP contribution in [-0.2, 0) is 0 Å². The van der Waals surface area contributed by atoms with Crippen LogP contribution >= 0.6 is 0 Å². The first-order valence-electron chi connectivity index (χ1n) is 4.80. The highest BCUT2D eigenvalue weighted by atomic mass is 16.5. The molecule has 1 aromatic heterocycles. The zero-order valence-corrected chi connectivity index (χ0v) is 8.18. The van der Waals surface area contributed by atoms with Gasteiger partial charge in [0.1, 0.15) is 6.07 Å². The summed E-state index contributed by atoms with van der Waals surface area (Å²) >= 11 is 0. The van der Waals surface area contributed by atoms with E-state index < -0.39 is 0 Å². The first kappa shape index (κ1) is 9.80. The number of hydrogen-bond donors (Lipinski definition) is 2. The maximum atomic E-state index is 9.15. The largest absolute Gasteiger partial charge is 0.394 e. The molecule has 1 fully saturated rings. The van der Waals surface area contributed by atoms with Crippen LogP contribution in [0.5, 0.6) is 0 Å². The van der Waals surface area contributed by atoms with Gasteiger partial charge in [0.2, 0.25) is 5.88 Å². The minimum Gasteiger partial charge on any atom is -0.394 e. The maximum absolute atomic E-state index is 9.15. The third kappa shape index (κ3) is 1.51. The van der Waals surface area contributed by atoms with E-state index in [-0.39, 0.29) is 24.1 Å². The van der Waals surface area contributed by atoms with Crippen LogP contribution in [0, 0.1) is 11.3 Å². The minimum atomic E-state index is 0.0154. The van der Waals surface area contributed by atoms with Crippen LogP contribution in [0.3, 0.4) is 0 Å². The van der Waals surface area contributed by atoms with Crippen molar-refractivity contribution in [1.29, 1.82) is 5.26 Å². The number of nitrogen functional groups attached to an aromatic ring is 1. The molecule has 0 spiro atoms. The highest BCUT2D eigenvalue weighted by Crippen LogP contribution is 2.29. The van der Waals surface area contributed by atoms with Gasteiger partial charge < -0.3 is 20.3 Å². The molecule has 1 aromatic rings. The Labute approximate surface area is 86.9 Å². The molecule has 15 heavy (non-hydrogen) atoms. The van der Waals surface area contributed by atoms with Crippen molar-refractivity contribution in [3.8, 4) is 6.07 Å². The maximum Gasteiger partial charge on any atom is 0.242 e. The minimum absolute atomic E-state index is 0.0154. The number of hydrogen-bond acceptors (Lipinski definition) is 6. The van der Waals surface area contributed by atoms with Gasteiger partial charge in [0, 0.05) is 6.54 Å². The lowest BCUT2D eigenvalue weighted by atomic mass is 10.2. The lowest BCUT2D eigenvalue weighted by Gasteiger charge is -2.21. The van der Waals surface area contributed by atoms with Gasteiger partial charge in [-0.05, 0) is 12.8 Å². The summed E-state index contributed by atoms with van der Waals surface area (Å²) in [6.07, 6.45) is 1.87. The third-order valence-electron chi connectivity index (χ3n) is 2.67. The molecule has 2 heterocycles. The first-order chi connectivity index (χ1) is 7.27. The fraction of sp³-hybridized carbons (Fsp3) is 0.556. The van der Waals surface area contributed by atoms with E-state index >= 15 is 0 Å². The molecule has 6 nitrogen and oxygen atoms in total. The van der Waals surface area contributed by atoms with Crippen LogP contribution in [0.25, 0.3) is 0 Å². The molecule has 1 aliphatic heterocycles. The van der Waals surface area contributed by atoms with E-state index in [1.165, 1.54) is 0 Å². The molecule has 0 amide bonds. The molecule has 0 saturated carbocycles. The average molecular weight is 208 g/mol. The molecule has 3 N–H and O–H groups in total. The van der Waals surface area contributed by atoms with Gasteiger partial charge >= 0.3 is 0 Å². The van der Waals surface area contributed by atoms with Crippen LogP contribution < -0.4 is 10.6 Å². The normalized spacial score (nSPS) is 20.5. The number of aromatic nitrogens is 1. The van der Waals surface area contributed by atoms with Crippen LogP contribution in [0.4, 0.5) is 11.7 Å². The van der Waals surface area contributed by atoms with E-state index in [0.29, 0.717) is 5.82 Å². The number of nitrogens with zero attached hydrogens (tertiary/aromatic N) is 3. The van der Waals surface area contributed by atoms with E-state index in [1.54, 1.807) is 0 Å². The van der Waals surface area contributed by atoms with E-state index in [1.807, 2.05) is 11.0 Å². The molecular formula is C9H12N4O2. The summed E-state index contributed by atoms with van der Waals surface area (Å²) in [5.74, 6) is 0.489. The van der Waals surface area contributed by atoms with Crippen molar-refractivity contribution >= 4 is 11.7 Å². The number of aliphatic hydroxyl groups is 1. The van der Waals surface area contributed by atoms with Crippen LogP contribution in [0.1, 0.15) is 18.4 Å². The van der Waals surface area contributed by atoms with Crippen molar-refractivity contribution in [1.82, 2.24) is 5.16 Å². The summed E-state index contributed by atoms with van der Waals surface area (Å²) in [4.78, 5) is 1.87. The van der Waals surface area contributed by atoms with Crippen molar-refractivity contribution in [3.63, 3.8) is 0 Å². The molecule has 0 bridgehead atoms. The van der Waals surface area contributed by atoms with E-state index in [9.17, 15) is 0 Å². The quantitative estimate of drug-likeness (QED) is 0.714. The van der Waals surface area contributed by atoms with Crippen molar-refractivity contribution in [3.05, 3.63) is 5.56 Å². The van der Waals surface area contributed by atoms with Gasteiger partial charge in [0.05, 0.1) is 12.6 Å². The second-order valence-corrected chi connectivity index (χ2v) is 3.53. The summed E-state index contributed by atoms with van der Waals surface area (Å²) in [6, 6.07) is 1.98. The van der Waals surface area contributed by atoms with Crippen molar-refractivity contribution in [2.75, 3.05) is 23.8 Å². The Hall–Kier alpha value is -1.74. The average Bonchev–Trinajstić information content (AvgIpc) is 2.82. The molecule has 1 aliphatic rings. The number of rotatable bonds is 2. The molecule has 1 saturated heterocycles. The number of aliphatic hydroxyl groups excluding tert-OH is 1. The molecule has 6 heteroatoms. The van der Waals surface area contributed by atoms with Crippen molar-refractivity contribution < 1.29 is 9.63 Å². The lowest BCUT2D eigenvalue weighted by Crippen LogP contribution is -2.32. The highest BCUT2D eigenvalue weighted by molar-refractivity contribution is 5.63. The van der Waals surface area contributed by atoms with Gasteiger partial charge in [-0.1, -0.05) is 5.16 Å². The predicted molar refractivity (Wildman–Crippen MR) is 53.1 cm³/mol. The Morgan fingerprint density at radius 3 is 3.20 bits per heavy atom. The summed E-state index contributed by atoms with van der Waals surface area (Å²) in [5, 5.41) is 21.8. The standard InChI is InChI=1S/C9H12N4O2/c10-4-7-8(11)15-12-9(7)13-3-1-2-6(13)5-14/h6,14H,1-3,5,11H2. The smallest absolute Gasteiger partial charge is 0.242 e. The molecule has 2 rings (SSSR count). The Morgan fingerprint density at radius 2 is 2.53 bits per heavy atom. The first-order valence-corrected chi connectivity index (χ1v) is 4.80. The topological polar surface area (TPSA) is 99.3 Å². The van der Waals surface area contributed by atoms with Gasteiger partial charge in [-0.15, -0.1) is 0 Å². The second-order valence-electron chi connectivity index (χ2n) is 3.53. The number of nitrogens with two attached hydrogens (primary N) is 1. The third-order valence-corrected chi connectivity index (χ3v) is 2.67. The van der Waals surface area contributed by atoms with Gasteiger partial charge in [-0.3, -0.25) is 0 Å². The summed E-state index contributed by atoms with van der Waals surface area (Å²) in [7, 11) is 0. The predicted octanol–water partition coefficient (Wildman–Crippen LogP) is 0.0896. The Balaban J connectivity index is 2.33. The molecule has 80 valence electrons. The van der Waals surface area contributed by atoms with Crippen LogP contribution in [0.15, 0.2) is 4.52 Å². The highest BCUT2D eigenvalue weighted by Gasteiger charge is 2.29. The number of nitriles is 1. The van der Waals surface area contributed by atoms with Gasteiger partial charge in [0.25, 0.3) is 0 Å². The fourth-order valence-electron chi connectivity index (χ4n) is 1.90. The van der Waals surface area contributed by atoms with Crippen LogP contribution in [-0.4, -0.2) is 29.5 Å². The van der Waals surface area contributed by atoms with Crippen molar-refractivity contribution in [2.24, 2.45) is 0 Å². The Bertz CT molecular complexity index is 395. The molecule has 0 radical (unpaired) electrons. The molecule has 0 aliphatic carbocycles. The molecule has 0 aromatic carbocycles. The van der Waals surface area contributed by atoms with Gasteiger partial charge in [-0.2, -0.15) is 5.26 Å². The van der Waals surface area contributed by atoms with E-state index in [2.05, 4.69) is 5.16 Å².